The van der Waals surface area contributed by atoms with Crippen LogP contribution in [0.1, 0.15) is 18.4 Å². The number of nitrogens with zero attached hydrogens (tertiary/aromatic N) is 1. The first kappa shape index (κ1) is 20.2. The van der Waals surface area contributed by atoms with Crippen LogP contribution in [0.25, 0.3) is 0 Å². The Morgan fingerprint density at radius 2 is 1.85 bits per heavy atom. The van der Waals surface area contributed by atoms with E-state index in [1.807, 2.05) is 30.3 Å². The number of carbonyl (C=O) groups is 4. The third kappa shape index (κ3) is 6.28. The van der Waals surface area contributed by atoms with Crippen molar-refractivity contribution < 1.29 is 28.7 Å². The zero-order valence-electron chi connectivity index (χ0n) is 15.1. The maximum atomic E-state index is 12.3. The second kappa shape index (κ2) is 10.1. The third-order valence-electron chi connectivity index (χ3n) is 4.11. The first-order valence-corrected chi connectivity index (χ1v) is 8.60. The minimum atomic E-state index is -0.710. The molecule has 27 heavy (non-hydrogen) atoms. The second-order valence-electron chi connectivity index (χ2n) is 5.95. The summed E-state index contributed by atoms with van der Waals surface area (Å²) in [6.45, 7) is -0.00858. The van der Waals surface area contributed by atoms with Gasteiger partial charge in [0.1, 0.15) is 25.7 Å². The summed E-state index contributed by atoms with van der Waals surface area (Å²) in [5.41, 5.74) is 0.834. The highest BCUT2D eigenvalue weighted by Crippen LogP contribution is 2.17. The summed E-state index contributed by atoms with van der Waals surface area (Å²) >= 11 is 0. The SMILES string of the molecule is COC(=O)CNC(=O)[C@@H]1CCCN1C(=O)CNC(=O)OCc1ccccc1. The average molecular weight is 377 g/mol. The van der Waals surface area contributed by atoms with Gasteiger partial charge in [0, 0.05) is 6.54 Å². The highest BCUT2D eigenvalue weighted by atomic mass is 16.5. The molecule has 0 aliphatic carbocycles. The minimum absolute atomic E-state index is 0.100. The predicted octanol–water partition coefficient (Wildman–Crippen LogP) is 0.193. The molecule has 2 N–H and O–H groups in total. The van der Waals surface area contributed by atoms with E-state index in [4.69, 9.17) is 4.74 Å². The standard InChI is InChI=1S/C18H23N3O6/c1-26-16(23)11-19-17(24)14-8-5-9-21(14)15(22)10-20-18(25)27-12-13-6-3-2-4-7-13/h2-4,6-7,14H,5,8-12H2,1H3,(H,19,24)(H,20,25)/t14-/m0/s1. The highest BCUT2D eigenvalue weighted by molar-refractivity contribution is 5.91. The van der Waals surface area contributed by atoms with E-state index in [0.29, 0.717) is 19.4 Å². The number of carbonyl (C=O) groups excluding carboxylic acids is 4. The number of rotatable bonds is 7. The monoisotopic (exact) mass is 377 g/mol. The van der Waals surface area contributed by atoms with Crippen LogP contribution in [0.4, 0.5) is 4.79 Å². The fraction of sp³-hybridized carbons (Fsp3) is 0.444. The van der Waals surface area contributed by atoms with E-state index < -0.39 is 24.0 Å². The average Bonchev–Trinajstić information content (AvgIpc) is 3.19. The van der Waals surface area contributed by atoms with Crippen LogP contribution in [-0.2, 0) is 30.5 Å². The number of likely N-dealkylation sites (tertiary alicyclic amines) is 1. The summed E-state index contributed by atoms with van der Waals surface area (Å²) in [5.74, 6) is -1.37. The molecule has 0 radical (unpaired) electrons. The normalized spacial score (nSPS) is 15.7. The number of benzene rings is 1. The van der Waals surface area contributed by atoms with Gasteiger partial charge in [-0.05, 0) is 18.4 Å². The number of esters is 1. The number of ether oxygens (including phenoxy) is 2. The van der Waals surface area contributed by atoms with Crippen molar-refractivity contribution in [3.05, 3.63) is 35.9 Å². The van der Waals surface area contributed by atoms with Crippen molar-refractivity contribution in [3.8, 4) is 0 Å². The molecule has 9 heteroatoms. The van der Waals surface area contributed by atoms with Gasteiger partial charge in [-0.2, -0.15) is 0 Å². The molecule has 1 saturated heterocycles. The molecule has 3 amide bonds. The third-order valence-corrected chi connectivity index (χ3v) is 4.11. The maximum Gasteiger partial charge on any atom is 0.407 e. The molecular formula is C18H23N3O6. The summed E-state index contributed by atoms with van der Waals surface area (Å²) in [6.07, 6.45) is 0.454. The second-order valence-corrected chi connectivity index (χ2v) is 5.95. The van der Waals surface area contributed by atoms with Gasteiger partial charge < -0.3 is 25.0 Å². The van der Waals surface area contributed by atoms with Crippen LogP contribution in [0.15, 0.2) is 30.3 Å². The van der Waals surface area contributed by atoms with Crippen molar-refractivity contribution in [2.45, 2.75) is 25.5 Å². The first-order valence-electron chi connectivity index (χ1n) is 8.60. The summed E-state index contributed by atoms with van der Waals surface area (Å²) in [6, 6.07) is 8.50. The zero-order valence-corrected chi connectivity index (χ0v) is 15.1. The molecule has 9 nitrogen and oxygen atoms in total. The van der Waals surface area contributed by atoms with E-state index in [9.17, 15) is 19.2 Å². The van der Waals surface area contributed by atoms with E-state index >= 15 is 0 Å². The quantitative estimate of drug-likeness (QED) is 0.656. The van der Waals surface area contributed by atoms with Gasteiger partial charge in [-0.1, -0.05) is 30.3 Å². The Bertz CT molecular complexity index is 679. The summed E-state index contributed by atoms with van der Waals surface area (Å²) in [5, 5.41) is 4.83. The Balaban J connectivity index is 1.75. The number of alkyl carbamates (subject to hydrolysis) is 1. The van der Waals surface area contributed by atoms with E-state index in [1.54, 1.807) is 0 Å². The molecule has 1 aliphatic heterocycles. The number of nitrogens with one attached hydrogen (secondary N) is 2. The van der Waals surface area contributed by atoms with Crippen molar-refractivity contribution in [1.29, 1.82) is 0 Å². The van der Waals surface area contributed by atoms with E-state index in [1.165, 1.54) is 12.0 Å². The molecule has 0 spiro atoms. The predicted molar refractivity (Wildman–Crippen MR) is 94.4 cm³/mol. The smallest absolute Gasteiger partial charge is 0.407 e. The minimum Gasteiger partial charge on any atom is -0.468 e. The van der Waals surface area contributed by atoms with Gasteiger partial charge in [-0.25, -0.2) is 4.79 Å². The van der Waals surface area contributed by atoms with Crippen LogP contribution in [0, 0.1) is 0 Å². The Hall–Kier alpha value is -3.10. The maximum absolute atomic E-state index is 12.3. The number of hydrogen-bond acceptors (Lipinski definition) is 6. The lowest BCUT2D eigenvalue weighted by Gasteiger charge is -2.23. The molecule has 1 heterocycles. The van der Waals surface area contributed by atoms with Crippen LogP contribution in [0.2, 0.25) is 0 Å². The van der Waals surface area contributed by atoms with Crippen LogP contribution >= 0.6 is 0 Å². The van der Waals surface area contributed by atoms with Crippen molar-refractivity contribution >= 4 is 23.9 Å². The van der Waals surface area contributed by atoms with Gasteiger partial charge in [0.25, 0.3) is 0 Å². The van der Waals surface area contributed by atoms with Gasteiger partial charge in [0.05, 0.1) is 7.11 Å². The molecule has 1 aromatic rings. The Labute approximate surface area is 157 Å². The molecule has 146 valence electrons. The molecule has 2 rings (SSSR count). The summed E-state index contributed by atoms with van der Waals surface area (Å²) < 4.78 is 9.50. The molecule has 1 aliphatic rings. The topological polar surface area (TPSA) is 114 Å². The van der Waals surface area contributed by atoms with E-state index in [-0.39, 0.29) is 25.6 Å². The lowest BCUT2D eigenvalue weighted by Crippen LogP contribution is -2.49. The van der Waals surface area contributed by atoms with Gasteiger partial charge in [0.15, 0.2) is 0 Å². The first-order chi connectivity index (χ1) is 13.0. The molecule has 0 saturated carbocycles. The van der Waals surface area contributed by atoms with Crippen molar-refractivity contribution in [2.75, 3.05) is 26.7 Å². The number of methoxy groups -OCH3 is 1. The molecular weight excluding hydrogens is 354 g/mol. The van der Waals surface area contributed by atoms with Gasteiger partial charge in [0.2, 0.25) is 11.8 Å². The van der Waals surface area contributed by atoms with Crippen molar-refractivity contribution in [3.63, 3.8) is 0 Å². The Morgan fingerprint density at radius 1 is 1.11 bits per heavy atom. The van der Waals surface area contributed by atoms with E-state index in [0.717, 1.165) is 5.56 Å². The van der Waals surface area contributed by atoms with Crippen molar-refractivity contribution in [1.82, 2.24) is 15.5 Å². The largest absolute Gasteiger partial charge is 0.468 e. The Kier molecular flexibility index (Phi) is 7.60. The lowest BCUT2D eigenvalue weighted by molar-refractivity contribution is -0.142. The van der Waals surface area contributed by atoms with Crippen LogP contribution in [0.5, 0.6) is 0 Å². The zero-order chi connectivity index (χ0) is 19.6. The van der Waals surface area contributed by atoms with Gasteiger partial charge in [-0.15, -0.1) is 0 Å². The van der Waals surface area contributed by atoms with Crippen LogP contribution < -0.4 is 10.6 Å². The van der Waals surface area contributed by atoms with Crippen molar-refractivity contribution in [2.24, 2.45) is 0 Å². The number of hydrogen-bond donors (Lipinski definition) is 2. The molecule has 0 bridgehead atoms. The molecule has 0 aromatic heterocycles. The molecule has 1 atom stereocenters. The molecule has 1 aromatic carbocycles. The molecule has 1 fully saturated rings. The lowest BCUT2D eigenvalue weighted by atomic mass is 10.2. The van der Waals surface area contributed by atoms with E-state index in [2.05, 4.69) is 15.4 Å². The fourth-order valence-electron chi connectivity index (χ4n) is 2.71. The highest BCUT2D eigenvalue weighted by Gasteiger charge is 2.34. The summed E-state index contributed by atoms with van der Waals surface area (Å²) in [4.78, 5) is 48.7. The summed E-state index contributed by atoms with van der Waals surface area (Å²) in [7, 11) is 1.22. The van der Waals surface area contributed by atoms with Gasteiger partial charge in [-0.3, -0.25) is 14.4 Å². The number of amides is 3. The fourth-order valence-corrected chi connectivity index (χ4v) is 2.71. The molecule has 0 unspecified atom stereocenters. The van der Waals surface area contributed by atoms with Gasteiger partial charge >= 0.3 is 12.1 Å². The van der Waals surface area contributed by atoms with Crippen LogP contribution in [-0.4, -0.2) is 61.6 Å². The van der Waals surface area contributed by atoms with Crippen LogP contribution in [0.3, 0.4) is 0 Å². The Morgan fingerprint density at radius 3 is 2.56 bits per heavy atom.